The van der Waals surface area contributed by atoms with Gasteiger partial charge in [-0.05, 0) is 0 Å². The fourth-order valence-corrected chi connectivity index (χ4v) is 0.513. The summed E-state index contributed by atoms with van der Waals surface area (Å²) in [7, 11) is 0. The quantitative estimate of drug-likeness (QED) is 0.414. The summed E-state index contributed by atoms with van der Waals surface area (Å²) >= 11 is 0. The van der Waals surface area contributed by atoms with Crippen molar-refractivity contribution in [3.63, 3.8) is 0 Å². The second-order valence-corrected chi connectivity index (χ2v) is 1.54. The van der Waals surface area contributed by atoms with Gasteiger partial charge in [0.2, 0.25) is 0 Å². The molecule has 0 fully saturated rings. The number of halogens is 2. The van der Waals surface area contributed by atoms with Crippen molar-refractivity contribution in [1.29, 1.82) is 0 Å². The van der Waals surface area contributed by atoms with E-state index in [-0.39, 0.29) is 44.6 Å². The number of allylic oxidation sites excluding steroid dienone is 8. The molecule has 0 aliphatic heterocycles. The zero-order chi connectivity index (χ0) is 5.66. The summed E-state index contributed by atoms with van der Waals surface area (Å²) < 4.78 is 0. The minimum atomic E-state index is 0. The first-order valence-corrected chi connectivity index (χ1v) is 2.67. The van der Waals surface area contributed by atoms with Crippen LogP contribution in [0.1, 0.15) is 0 Å². The van der Waals surface area contributed by atoms with E-state index in [4.69, 9.17) is 0 Å². The van der Waals surface area contributed by atoms with Crippen LogP contribution in [0, 0.1) is 0 Å². The maximum atomic E-state index is 2.00. The summed E-state index contributed by atoms with van der Waals surface area (Å²) in [5.41, 5.74) is 0. The van der Waals surface area contributed by atoms with Crippen LogP contribution in [0.5, 0.6) is 0 Å². The molecule has 11 heavy (non-hydrogen) atoms. The van der Waals surface area contributed by atoms with Gasteiger partial charge in [-0.3, -0.25) is 0 Å². The Morgan fingerprint density at radius 3 is 0.545 bits per heavy atom. The van der Waals surface area contributed by atoms with Crippen molar-refractivity contribution in [3.05, 3.63) is 48.6 Å². The van der Waals surface area contributed by atoms with Crippen LogP contribution in [-0.2, 0) is 19.8 Å². The van der Waals surface area contributed by atoms with E-state index in [0.717, 1.165) is 0 Å². The van der Waals surface area contributed by atoms with Gasteiger partial charge in [0.15, 0.2) is 0 Å². The van der Waals surface area contributed by atoms with E-state index in [2.05, 4.69) is 0 Å². The molecule has 0 atom stereocenters. The predicted molar refractivity (Wildman–Crippen MR) is 36.6 cm³/mol. The van der Waals surface area contributed by atoms with Gasteiger partial charge in [0.25, 0.3) is 0 Å². The molecule has 3 heteroatoms. The zero-order valence-electron chi connectivity index (χ0n) is 5.73. The van der Waals surface area contributed by atoms with Gasteiger partial charge in [-0.25, -0.2) is 0 Å². The van der Waals surface area contributed by atoms with Crippen molar-refractivity contribution in [1.82, 2.24) is 0 Å². The van der Waals surface area contributed by atoms with E-state index in [1.54, 1.807) is 0 Å². The predicted octanol–water partition coefficient (Wildman–Crippen LogP) is -3.77. The molecule has 1 aliphatic rings. The summed E-state index contributed by atoms with van der Waals surface area (Å²) in [6.07, 6.45) is 16.0. The first-order valence-electron chi connectivity index (χ1n) is 2.67. The topological polar surface area (TPSA) is 0 Å². The van der Waals surface area contributed by atoms with Crippen molar-refractivity contribution in [3.8, 4) is 0 Å². The molecular weight excluding hydrogens is 357 g/mol. The molecule has 1 rings (SSSR count). The van der Waals surface area contributed by atoms with Gasteiger partial charge in [-0.2, -0.15) is 0 Å². The molecule has 0 radical (unpaired) electrons. The molecule has 0 aromatic carbocycles. The third kappa shape index (κ3) is 10.2. The maximum absolute atomic E-state index is 2.00. The van der Waals surface area contributed by atoms with Gasteiger partial charge < -0.3 is 24.8 Å². The van der Waals surface area contributed by atoms with E-state index in [9.17, 15) is 0 Å². The SMILES string of the molecule is C1=CC=CC=CC=C1.[Cl-].[Cl-].[Os+2]. The molecule has 0 unspecified atom stereocenters. The van der Waals surface area contributed by atoms with Gasteiger partial charge in [0.05, 0.1) is 0 Å². The fraction of sp³-hybridized carbons (Fsp3) is 0. The van der Waals surface area contributed by atoms with Gasteiger partial charge >= 0.3 is 19.8 Å². The fourth-order valence-electron chi connectivity index (χ4n) is 0.513. The molecule has 0 saturated carbocycles. The van der Waals surface area contributed by atoms with Crippen LogP contribution in [0.2, 0.25) is 0 Å². The molecule has 0 aromatic rings. The van der Waals surface area contributed by atoms with Crippen LogP contribution in [0.3, 0.4) is 0 Å². The minimum absolute atomic E-state index is 0. The number of rotatable bonds is 0. The molecule has 0 nitrogen and oxygen atoms in total. The molecule has 0 N–H and O–H groups in total. The Bertz CT molecular complexity index is 113. The van der Waals surface area contributed by atoms with Crippen molar-refractivity contribution >= 4 is 0 Å². The monoisotopic (exact) mass is 366 g/mol. The summed E-state index contributed by atoms with van der Waals surface area (Å²) in [6.45, 7) is 0. The Labute approximate surface area is 93.0 Å². The smallest absolute Gasteiger partial charge is 1.00 e. The first kappa shape index (κ1) is 17.3. The standard InChI is InChI=1S/C8H8.2ClH.Os/c1-2-4-6-8-7-5-3-1;;;/h1-8H;2*1H;/q;;;+2/p-2. The molecule has 0 amide bonds. The summed E-state index contributed by atoms with van der Waals surface area (Å²) in [5, 5.41) is 0. The van der Waals surface area contributed by atoms with E-state index in [0.29, 0.717) is 0 Å². The van der Waals surface area contributed by atoms with E-state index >= 15 is 0 Å². The third-order valence-corrected chi connectivity index (χ3v) is 0.889. The summed E-state index contributed by atoms with van der Waals surface area (Å²) in [4.78, 5) is 0. The second-order valence-electron chi connectivity index (χ2n) is 1.54. The van der Waals surface area contributed by atoms with Crippen LogP contribution < -0.4 is 24.8 Å². The van der Waals surface area contributed by atoms with Crippen LogP contribution in [0.25, 0.3) is 0 Å². The average molecular weight is 365 g/mol. The molecule has 0 aromatic heterocycles. The zero-order valence-corrected chi connectivity index (χ0v) is 9.78. The van der Waals surface area contributed by atoms with Gasteiger partial charge in [-0.15, -0.1) is 0 Å². The maximum Gasteiger partial charge on any atom is 2.00 e. The molecule has 0 heterocycles. The molecule has 0 bridgehead atoms. The molecular formula is C8H8Cl2Os. The molecule has 0 saturated heterocycles. The normalized spacial score (nSPS) is 11.6. The number of hydrogen-bond acceptors (Lipinski definition) is 0. The Morgan fingerprint density at radius 2 is 0.455 bits per heavy atom. The Hall–Kier alpha value is 0.176. The van der Waals surface area contributed by atoms with Crippen molar-refractivity contribution in [2.24, 2.45) is 0 Å². The Morgan fingerprint density at radius 1 is 0.364 bits per heavy atom. The third-order valence-electron chi connectivity index (χ3n) is 0.889. The Kier molecular flexibility index (Phi) is 20.2. The van der Waals surface area contributed by atoms with Crippen LogP contribution >= 0.6 is 0 Å². The summed E-state index contributed by atoms with van der Waals surface area (Å²) in [5.74, 6) is 0. The van der Waals surface area contributed by atoms with Crippen molar-refractivity contribution in [2.75, 3.05) is 0 Å². The van der Waals surface area contributed by atoms with Crippen molar-refractivity contribution < 1.29 is 44.6 Å². The second kappa shape index (κ2) is 12.8. The van der Waals surface area contributed by atoms with Crippen LogP contribution in [0.15, 0.2) is 48.6 Å². The summed E-state index contributed by atoms with van der Waals surface area (Å²) in [6, 6.07) is 0. The molecule has 0 spiro atoms. The van der Waals surface area contributed by atoms with E-state index < -0.39 is 0 Å². The van der Waals surface area contributed by atoms with Crippen molar-refractivity contribution in [2.45, 2.75) is 0 Å². The van der Waals surface area contributed by atoms with Gasteiger partial charge in [0.1, 0.15) is 0 Å². The van der Waals surface area contributed by atoms with Gasteiger partial charge in [0, 0.05) is 0 Å². The average Bonchev–Trinajstić information content (AvgIpc) is 1.62. The molecule has 1 aliphatic carbocycles. The van der Waals surface area contributed by atoms with Gasteiger partial charge in [-0.1, -0.05) is 48.6 Å². The van der Waals surface area contributed by atoms with E-state index in [1.165, 1.54) is 0 Å². The van der Waals surface area contributed by atoms with Crippen LogP contribution in [-0.4, -0.2) is 0 Å². The largest absolute Gasteiger partial charge is 2.00 e. The molecule has 62 valence electrons. The van der Waals surface area contributed by atoms with E-state index in [1.807, 2.05) is 48.6 Å². The first-order chi connectivity index (χ1) is 4.00. The number of hydrogen-bond donors (Lipinski definition) is 0. The minimum Gasteiger partial charge on any atom is -1.00 e. The Balaban J connectivity index is -0.000000213. The van der Waals surface area contributed by atoms with Crippen LogP contribution in [0.4, 0.5) is 0 Å².